The highest BCUT2D eigenvalue weighted by Gasteiger charge is 2.13. The first kappa shape index (κ1) is 12.8. The topological polar surface area (TPSA) is 42.7 Å². The molecule has 18 heavy (non-hydrogen) atoms. The average molecular weight is 244 g/mol. The van der Waals surface area contributed by atoms with Gasteiger partial charge in [0.2, 0.25) is 0 Å². The standard InChI is InChI=1S/C14H20N4/c1-11-7-17-18(10-11)13(3)12(2)16-9-14-5-4-6-15-8-14/h4-8,10,12-13,16H,9H2,1-3H3/t12-,13+/m0/s1. The van der Waals surface area contributed by atoms with Crippen LogP contribution in [0.3, 0.4) is 0 Å². The summed E-state index contributed by atoms with van der Waals surface area (Å²) in [5.41, 5.74) is 2.40. The maximum atomic E-state index is 4.36. The van der Waals surface area contributed by atoms with E-state index in [-0.39, 0.29) is 0 Å². The number of aryl methyl sites for hydroxylation is 1. The molecule has 1 N–H and O–H groups in total. The average Bonchev–Trinajstić information content (AvgIpc) is 2.83. The molecule has 0 fully saturated rings. The quantitative estimate of drug-likeness (QED) is 0.877. The SMILES string of the molecule is Cc1cnn([C@H](C)[C@H](C)NCc2cccnc2)c1. The van der Waals surface area contributed by atoms with Crippen LogP contribution in [0.2, 0.25) is 0 Å². The summed E-state index contributed by atoms with van der Waals surface area (Å²) in [5.74, 6) is 0. The van der Waals surface area contributed by atoms with Gasteiger partial charge in [-0.25, -0.2) is 0 Å². The molecule has 4 nitrogen and oxygen atoms in total. The lowest BCUT2D eigenvalue weighted by molar-refractivity contribution is 0.365. The van der Waals surface area contributed by atoms with Crippen LogP contribution < -0.4 is 5.32 Å². The minimum Gasteiger partial charge on any atom is -0.308 e. The van der Waals surface area contributed by atoms with Crippen LogP contribution in [0.4, 0.5) is 0 Å². The molecule has 0 saturated heterocycles. The van der Waals surface area contributed by atoms with E-state index in [9.17, 15) is 0 Å². The van der Waals surface area contributed by atoms with E-state index in [1.165, 1.54) is 11.1 Å². The molecule has 96 valence electrons. The van der Waals surface area contributed by atoms with Crippen molar-refractivity contribution < 1.29 is 0 Å². The molecule has 0 aromatic carbocycles. The zero-order valence-corrected chi connectivity index (χ0v) is 11.2. The molecule has 2 atom stereocenters. The summed E-state index contributed by atoms with van der Waals surface area (Å²) in [5, 5.41) is 7.86. The van der Waals surface area contributed by atoms with Crippen LogP contribution in [0, 0.1) is 6.92 Å². The first-order chi connectivity index (χ1) is 8.66. The van der Waals surface area contributed by atoms with Gasteiger partial charge < -0.3 is 5.32 Å². The molecule has 2 heterocycles. The van der Waals surface area contributed by atoms with Gasteiger partial charge in [-0.2, -0.15) is 5.10 Å². The predicted molar refractivity (Wildman–Crippen MR) is 72.2 cm³/mol. The second-order valence-electron chi connectivity index (χ2n) is 4.77. The van der Waals surface area contributed by atoms with E-state index in [0.29, 0.717) is 12.1 Å². The van der Waals surface area contributed by atoms with Gasteiger partial charge in [0.1, 0.15) is 0 Å². The van der Waals surface area contributed by atoms with Gasteiger partial charge in [0.05, 0.1) is 12.2 Å². The Labute approximate surface area is 108 Å². The van der Waals surface area contributed by atoms with Gasteiger partial charge in [0, 0.05) is 31.2 Å². The Kier molecular flexibility index (Phi) is 4.10. The Morgan fingerprint density at radius 1 is 1.33 bits per heavy atom. The van der Waals surface area contributed by atoms with Crippen LogP contribution in [0.15, 0.2) is 36.9 Å². The van der Waals surface area contributed by atoms with Crippen LogP contribution in [0.25, 0.3) is 0 Å². The number of hydrogen-bond donors (Lipinski definition) is 1. The lowest BCUT2D eigenvalue weighted by atomic mass is 10.1. The number of rotatable bonds is 5. The minimum absolute atomic E-state index is 0.329. The zero-order valence-electron chi connectivity index (χ0n) is 11.2. The number of nitrogens with one attached hydrogen (secondary N) is 1. The van der Waals surface area contributed by atoms with Crippen molar-refractivity contribution in [2.75, 3.05) is 0 Å². The van der Waals surface area contributed by atoms with Gasteiger partial charge in [-0.05, 0) is 38.0 Å². The summed E-state index contributed by atoms with van der Waals surface area (Å²) in [4.78, 5) is 4.11. The van der Waals surface area contributed by atoms with E-state index in [2.05, 4.69) is 48.4 Å². The molecule has 0 radical (unpaired) electrons. The lowest BCUT2D eigenvalue weighted by Crippen LogP contribution is -2.33. The Hall–Kier alpha value is -1.68. The molecule has 0 unspecified atom stereocenters. The van der Waals surface area contributed by atoms with Crippen LogP contribution in [0.5, 0.6) is 0 Å². The van der Waals surface area contributed by atoms with Crippen molar-refractivity contribution in [3.05, 3.63) is 48.0 Å². The normalized spacial score (nSPS) is 14.4. The van der Waals surface area contributed by atoms with Crippen molar-refractivity contribution in [3.63, 3.8) is 0 Å². The van der Waals surface area contributed by atoms with Crippen LogP contribution in [-0.4, -0.2) is 20.8 Å². The van der Waals surface area contributed by atoms with Crippen LogP contribution in [0.1, 0.15) is 31.0 Å². The Balaban J connectivity index is 1.90. The zero-order chi connectivity index (χ0) is 13.0. The minimum atomic E-state index is 0.329. The third kappa shape index (κ3) is 3.17. The van der Waals surface area contributed by atoms with E-state index in [4.69, 9.17) is 0 Å². The van der Waals surface area contributed by atoms with Crippen molar-refractivity contribution >= 4 is 0 Å². The van der Waals surface area contributed by atoms with Gasteiger partial charge in [-0.3, -0.25) is 9.67 Å². The first-order valence-electron chi connectivity index (χ1n) is 6.30. The number of aromatic nitrogens is 3. The van der Waals surface area contributed by atoms with Gasteiger partial charge >= 0.3 is 0 Å². The highest BCUT2D eigenvalue weighted by molar-refractivity contribution is 5.08. The van der Waals surface area contributed by atoms with E-state index in [1.807, 2.05) is 23.1 Å². The summed E-state index contributed by atoms with van der Waals surface area (Å²) in [7, 11) is 0. The fraction of sp³-hybridized carbons (Fsp3) is 0.429. The van der Waals surface area contributed by atoms with E-state index >= 15 is 0 Å². The van der Waals surface area contributed by atoms with Gasteiger partial charge in [0.15, 0.2) is 0 Å². The fourth-order valence-corrected chi connectivity index (χ4v) is 1.84. The number of nitrogens with zero attached hydrogens (tertiary/aromatic N) is 3. The third-order valence-electron chi connectivity index (χ3n) is 3.22. The fourth-order valence-electron chi connectivity index (χ4n) is 1.84. The first-order valence-corrected chi connectivity index (χ1v) is 6.30. The Morgan fingerprint density at radius 2 is 2.17 bits per heavy atom. The second kappa shape index (κ2) is 5.78. The maximum Gasteiger partial charge on any atom is 0.0641 e. The Morgan fingerprint density at radius 3 is 2.78 bits per heavy atom. The molecule has 0 amide bonds. The largest absolute Gasteiger partial charge is 0.308 e. The number of hydrogen-bond acceptors (Lipinski definition) is 3. The van der Waals surface area contributed by atoms with Gasteiger partial charge in [-0.1, -0.05) is 6.07 Å². The number of pyridine rings is 1. The molecule has 2 aromatic heterocycles. The smallest absolute Gasteiger partial charge is 0.0641 e. The van der Waals surface area contributed by atoms with Crippen molar-refractivity contribution in [1.82, 2.24) is 20.1 Å². The van der Waals surface area contributed by atoms with E-state index < -0.39 is 0 Å². The molecule has 0 bridgehead atoms. The van der Waals surface area contributed by atoms with Gasteiger partial charge in [0.25, 0.3) is 0 Å². The highest BCUT2D eigenvalue weighted by atomic mass is 15.3. The summed E-state index contributed by atoms with van der Waals surface area (Å²) in [6.45, 7) is 7.24. The second-order valence-corrected chi connectivity index (χ2v) is 4.77. The highest BCUT2D eigenvalue weighted by Crippen LogP contribution is 2.11. The van der Waals surface area contributed by atoms with Crippen LogP contribution in [-0.2, 0) is 6.54 Å². The Bertz CT molecular complexity index is 478. The molecule has 0 saturated carbocycles. The lowest BCUT2D eigenvalue weighted by Gasteiger charge is -2.21. The maximum absolute atomic E-state index is 4.36. The summed E-state index contributed by atoms with van der Waals surface area (Å²) < 4.78 is 2.01. The van der Waals surface area contributed by atoms with Crippen molar-refractivity contribution in [2.45, 2.75) is 39.4 Å². The molecule has 0 aliphatic rings. The molecule has 2 rings (SSSR count). The summed E-state index contributed by atoms with van der Waals surface area (Å²) in [6, 6.07) is 4.72. The third-order valence-corrected chi connectivity index (χ3v) is 3.22. The van der Waals surface area contributed by atoms with Crippen molar-refractivity contribution in [1.29, 1.82) is 0 Å². The monoisotopic (exact) mass is 244 g/mol. The van der Waals surface area contributed by atoms with Crippen LogP contribution >= 0.6 is 0 Å². The molecule has 2 aromatic rings. The molecule has 0 aliphatic carbocycles. The van der Waals surface area contributed by atoms with Gasteiger partial charge in [-0.15, -0.1) is 0 Å². The molecular weight excluding hydrogens is 224 g/mol. The van der Waals surface area contributed by atoms with E-state index in [1.54, 1.807) is 6.20 Å². The molecule has 0 spiro atoms. The molecular formula is C14H20N4. The van der Waals surface area contributed by atoms with Crippen molar-refractivity contribution in [2.24, 2.45) is 0 Å². The summed E-state index contributed by atoms with van der Waals surface area (Å²) >= 11 is 0. The van der Waals surface area contributed by atoms with Crippen molar-refractivity contribution in [3.8, 4) is 0 Å². The summed E-state index contributed by atoms with van der Waals surface area (Å²) in [6.07, 6.45) is 7.65. The molecule has 0 aliphatic heterocycles. The van der Waals surface area contributed by atoms with E-state index in [0.717, 1.165) is 6.54 Å². The predicted octanol–water partition coefficient (Wildman–Crippen LogP) is 2.33. The molecule has 4 heteroatoms.